The van der Waals surface area contributed by atoms with Crippen molar-refractivity contribution in [2.45, 2.75) is 45.4 Å². The predicted molar refractivity (Wildman–Crippen MR) is 58.4 cm³/mol. The van der Waals surface area contributed by atoms with Crippen molar-refractivity contribution in [2.75, 3.05) is 13.2 Å². The van der Waals surface area contributed by atoms with Gasteiger partial charge in [0.25, 0.3) is 0 Å². The maximum Gasteiger partial charge on any atom is 0.309 e. The third-order valence-corrected chi connectivity index (χ3v) is 2.95. The summed E-state index contributed by atoms with van der Waals surface area (Å²) >= 11 is 0. The second-order valence-corrected chi connectivity index (χ2v) is 4.37. The topological polar surface area (TPSA) is 46.5 Å². The van der Waals surface area contributed by atoms with Gasteiger partial charge in [-0.05, 0) is 18.8 Å². The van der Waals surface area contributed by atoms with Crippen LogP contribution in [0, 0.1) is 11.8 Å². The molecule has 1 rings (SSSR count). The van der Waals surface area contributed by atoms with Crippen LogP contribution in [0.3, 0.4) is 0 Å². The highest BCUT2D eigenvalue weighted by atomic mass is 16.5. The maximum atomic E-state index is 11.3. The highest BCUT2D eigenvalue weighted by Gasteiger charge is 2.43. The average molecular weight is 214 g/mol. The number of esters is 1. The molecule has 2 atom stereocenters. The van der Waals surface area contributed by atoms with E-state index in [1.54, 1.807) is 0 Å². The van der Waals surface area contributed by atoms with Gasteiger partial charge in [-0.3, -0.25) is 4.79 Å². The molecule has 1 aliphatic rings. The quantitative estimate of drug-likeness (QED) is 0.497. The highest BCUT2D eigenvalue weighted by Crippen LogP contribution is 2.38. The van der Waals surface area contributed by atoms with Gasteiger partial charge in [-0.1, -0.05) is 32.6 Å². The second kappa shape index (κ2) is 6.83. The van der Waals surface area contributed by atoms with Gasteiger partial charge in [0.05, 0.1) is 12.5 Å². The molecule has 1 N–H and O–H groups in total. The van der Waals surface area contributed by atoms with Crippen LogP contribution >= 0.6 is 0 Å². The molecule has 0 bridgehead atoms. The zero-order chi connectivity index (χ0) is 11.1. The predicted octanol–water partition coefficient (Wildman–Crippen LogP) is 2.13. The lowest BCUT2D eigenvalue weighted by atomic mass is 10.2. The Bertz CT molecular complexity index is 191. The van der Waals surface area contributed by atoms with Crippen LogP contribution in [0.2, 0.25) is 0 Å². The van der Waals surface area contributed by atoms with E-state index in [1.807, 2.05) is 0 Å². The van der Waals surface area contributed by atoms with Crippen LogP contribution in [0.1, 0.15) is 45.4 Å². The molecule has 0 heterocycles. The minimum atomic E-state index is -0.107. The summed E-state index contributed by atoms with van der Waals surface area (Å²) in [6.07, 6.45) is 6.67. The van der Waals surface area contributed by atoms with E-state index in [4.69, 9.17) is 9.84 Å². The first-order valence-electron chi connectivity index (χ1n) is 6.07. The van der Waals surface area contributed by atoms with E-state index >= 15 is 0 Å². The molecule has 0 aromatic carbocycles. The van der Waals surface area contributed by atoms with Crippen molar-refractivity contribution in [3.05, 3.63) is 0 Å². The van der Waals surface area contributed by atoms with Crippen LogP contribution < -0.4 is 0 Å². The van der Waals surface area contributed by atoms with Gasteiger partial charge in [0.1, 0.15) is 0 Å². The van der Waals surface area contributed by atoms with Gasteiger partial charge < -0.3 is 9.84 Å². The summed E-state index contributed by atoms with van der Waals surface area (Å²) in [7, 11) is 0. The van der Waals surface area contributed by atoms with E-state index in [0.29, 0.717) is 6.61 Å². The number of unbranched alkanes of at least 4 members (excludes halogenated alkanes) is 4. The molecular formula is C12H22O3. The molecule has 0 radical (unpaired) electrons. The van der Waals surface area contributed by atoms with Crippen LogP contribution in [-0.4, -0.2) is 24.3 Å². The van der Waals surface area contributed by atoms with Crippen molar-refractivity contribution in [1.29, 1.82) is 0 Å². The smallest absolute Gasteiger partial charge is 0.309 e. The molecule has 0 aromatic rings. The van der Waals surface area contributed by atoms with Gasteiger partial charge in [-0.15, -0.1) is 0 Å². The molecule has 1 aliphatic carbocycles. The van der Waals surface area contributed by atoms with Crippen LogP contribution in [-0.2, 0) is 9.53 Å². The fraction of sp³-hybridized carbons (Fsp3) is 0.917. The summed E-state index contributed by atoms with van der Waals surface area (Å²) in [6.45, 7) is 2.86. The van der Waals surface area contributed by atoms with E-state index < -0.39 is 0 Å². The summed E-state index contributed by atoms with van der Waals surface area (Å²) in [5, 5.41) is 8.79. The molecule has 0 amide bonds. The van der Waals surface area contributed by atoms with Crippen LogP contribution in [0.5, 0.6) is 0 Å². The van der Waals surface area contributed by atoms with Crippen molar-refractivity contribution >= 4 is 5.97 Å². The van der Waals surface area contributed by atoms with E-state index in [0.717, 1.165) is 19.3 Å². The summed E-state index contributed by atoms with van der Waals surface area (Å²) in [6, 6.07) is 0. The molecule has 1 fully saturated rings. The van der Waals surface area contributed by atoms with Gasteiger partial charge in [0, 0.05) is 6.61 Å². The van der Waals surface area contributed by atoms with Crippen molar-refractivity contribution in [3.63, 3.8) is 0 Å². The lowest BCUT2D eigenvalue weighted by molar-refractivity contribution is -0.145. The first-order valence-corrected chi connectivity index (χ1v) is 6.07. The zero-order valence-electron chi connectivity index (χ0n) is 9.58. The average Bonchev–Trinajstić information content (AvgIpc) is 3.02. The number of hydrogen-bond donors (Lipinski definition) is 1. The number of rotatable bonds is 8. The SMILES string of the molecule is CCCCCCCOC(=O)C1CC1CO. The molecule has 88 valence electrons. The number of aliphatic hydroxyl groups excluding tert-OH is 1. The highest BCUT2D eigenvalue weighted by molar-refractivity contribution is 5.75. The Kier molecular flexibility index (Phi) is 5.69. The van der Waals surface area contributed by atoms with E-state index in [9.17, 15) is 4.79 Å². The fourth-order valence-corrected chi connectivity index (χ4v) is 1.72. The summed E-state index contributed by atoms with van der Waals surface area (Å²) in [5.74, 6) is 0.0628. The molecule has 0 aromatic heterocycles. The largest absolute Gasteiger partial charge is 0.465 e. The number of carbonyl (C=O) groups is 1. The molecule has 0 saturated heterocycles. The Balaban J connectivity index is 1.90. The minimum absolute atomic E-state index is 0.00866. The number of aliphatic hydroxyl groups is 1. The third-order valence-electron chi connectivity index (χ3n) is 2.95. The van der Waals surface area contributed by atoms with Crippen molar-refractivity contribution < 1.29 is 14.6 Å². The molecule has 3 nitrogen and oxygen atoms in total. The van der Waals surface area contributed by atoms with Gasteiger partial charge in [0.15, 0.2) is 0 Å². The molecule has 1 saturated carbocycles. The lowest BCUT2D eigenvalue weighted by Crippen LogP contribution is -2.10. The molecular weight excluding hydrogens is 192 g/mol. The van der Waals surface area contributed by atoms with Crippen molar-refractivity contribution in [3.8, 4) is 0 Å². The van der Waals surface area contributed by atoms with Gasteiger partial charge >= 0.3 is 5.97 Å². The third kappa shape index (κ3) is 4.65. The van der Waals surface area contributed by atoms with E-state index in [1.165, 1.54) is 19.3 Å². The van der Waals surface area contributed by atoms with E-state index in [2.05, 4.69) is 6.92 Å². The lowest BCUT2D eigenvalue weighted by Gasteiger charge is -2.03. The Morgan fingerprint density at radius 2 is 2.07 bits per heavy atom. The number of ether oxygens (including phenoxy) is 1. The molecule has 15 heavy (non-hydrogen) atoms. The van der Waals surface area contributed by atoms with Crippen molar-refractivity contribution in [2.24, 2.45) is 11.8 Å². The second-order valence-electron chi connectivity index (χ2n) is 4.37. The Hall–Kier alpha value is -0.570. The van der Waals surface area contributed by atoms with Gasteiger partial charge in [-0.2, -0.15) is 0 Å². The Labute approximate surface area is 91.8 Å². The molecule has 0 aliphatic heterocycles. The first-order chi connectivity index (χ1) is 7.29. The van der Waals surface area contributed by atoms with Crippen LogP contribution in [0.25, 0.3) is 0 Å². The summed E-state index contributed by atoms with van der Waals surface area (Å²) in [5.41, 5.74) is 0. The van der Waals surface area contributed by atoms with E-state index in [-0.39, 0.29) is 24.4 Å². The first kappa shape index (κ1) is 12.5. The minimum Gasteiger partial charge on any atom is -0.465 e. The van der Waals surface area contributed by atoms with Gasteiger partial charge in [0.2, 0.25) is 0 Å². The van der Waals surface area contributed by atoms with Crippen LogP contribution in [0.15, 0.2) is 0 Å². The Morgan fingerprint density at radius 1 is 1.33 bits per heavy atom. The normalized spacial score (nSPS) is 23.9. The standard InChI is InChI=1S/C12H22O3/c1-2-3-4-5-6-7-15-12(14)11-8-10(11)9-13/h10-11,13H,2-9H2,1H3. The molecule has 2 unspecified atom stereocenters. The van der Waals surface area contributed by atoms with Crippen LogP contribution in [0.4, 0.5) is 0 Å². The summed E-state index contributed by atoms with van der Waals surface area (Å²) < 4.78 is 5.13. The number of hydrogen-bond acceptors (Lipinski definition) is 3. The molecule has 3 heteroatoms. The zero-order valence-corrected chi connectivity index (χ0v) is 9.58. The maximum absolute atomic E-state index is 11.3. The van der Waals surface area contributed by atoms with Crippen molar-refractivity contribution in [1.82, 2.24) is 0 Å². The Morgan fingerprint density at radius 3 is 2.67 bits per heavy atom. The molecule has 0 spiro atoms. The summed E-state index contributed by atoms with van der Waals surface area (Å²) in [4.78, 5) is 11.3. The number of carbonyl (C=O) groups excluding carboxylic acids is 1. The monoisotopic (exact) mass is 214 g/mol. The fourth-order valence-electron chi connectivity index (χ4n) is 1.72. The van der Waals surface area contributed by atoms with Gasteiger partial charge in [-0.25, -0.2) is 0 Å².